The first-order valence-corrected chi connectivity index (χ1v) is 4.84. The van der Waals surface area contributed by atoms with Crippen LogP contribution in [0.25, 0.3) is 0 Å². The molecule has 0 aliphatic heterocycles. The van der Waals surface area contributed by atoms with E-state index in [1.165, 1.54) is 19.3 Å². The van der Waals surface area contributed by atoms with E-state index in [1.807, 2.05) is 13.8 Å². The van der Waals surface area contributed by atoms with E-state index >= 15 is 0 Å². The Labute approximate surface area is 74.6 Å². The highest BCUT2D eigenvalue weighted by atomic mass is 16.5. The van der Waals surface area contributed by atoms with E-state index in [-0.39, 0.29) is 11.8 Å². The van der Waals surface area contributed by atoms with Gasteiger partial charge in [0.1, 0.15) is 5.72 Å². The SMILES string of the molecule is CC(C)OC1(NN)CCCCC1. The maximum absolute atomic E-state index is 5.79. The molecule has 1 aliphatic carbocycles. The summed E-state index contributed by atoms with van der Waals surface area (Å²) in [5.41, 5.74) is 2.60. The zero-order valence-corrected chi connectivity index (χ0v) is 8.10. The molecule has 0 amide bonds. The highest BCUT2D eigenvalue weighted by Gasteiger charge is 2.32. The van der Waals surface area contributed by atoms with Gasteiger partial charge in [-0.15, -0.1) is 0 Å². The topological polar surface area (TPSA) is 47.3 Å². The third kappa shape index (κ3) is 2.44. The molecular formula is C9H20N2O. The van der Waals surface area contributed by atoms with Gasteiger partial charge in [0.2, 0.25) is 0 Å². The van der Waals surface area contributed by atoms with Gasteiger partial charge in [-0.1, -0.05) is 6.42 Å². The smallest absolute Gasteiger partial charge is 0.131 e. The van der Waals surface area contributed by atoms with Crippen LogP contribution in [0.3, 0.4) is 0 Å². The van der Waals surface area contributed by atoms with Gasteiger partial charge in [-0.3, -0.25) is 5.84 Å². The van der Waals surface area contributed by atoms with Crippen molar-refractivity contribution in [2.45, 2.75) is 57.8 Å². The molecule has 3 heteroatoms. The van der Waals surface area contributed by atoms with Gasteiger partial charge in [0.15, 0.2) is 0 Å². The van der Waals surface area contributed by atoms with Gasteiger partial charge < -0.3 is 4.74 Å². The molecular weight excluding hydrogens is 152 g/mol. The van der Waals surface area contributed by atoms with Crippen LogP contribution in [0.4, 0.5) is 0 Å². The van der Waals surface area contributed by atoms with Crippen molar-refractivity contribution in [2.75, 3.05) is 0 Å². The van der Waals surface area contributed by atoms with Crippen molar-refractivity contribution in [2.24, 2.45) is 5.84 Å². The normalized spacial score (nSPS) is 23.0. The molecule has 1 saturated carbocycles. The van der Waals surface area contributed by atoms with Crippen LogP contribution in [0, 0.1) is 0 Å². The number of nitrogens with two attached hydrogens (primary N) is 1. The van der Waals surface area contributed by atoms with Gasteiger partial charge in [0.05, 0.1) is 6.10 Å². The number of hydrogen-bond acceptors (Lipinski definition) is 3. The molecule has 1 aliphatic rings. The predicted molar refractivity (Wildman–Crippen MR) is 49.4 cm³/mol. The summed E-state index contributed by atoms with van der Waals surface area (Å²) in [6.07, 6.45) is 6.08. The third-order valence-electron chi connectivity index (χ3n) is 2.39. The molecule has 0 radical (unpaired) electrons. The number of ether oxygens (including phenoxy) is 1. The largest absolute Gasteiger partial charge is 0.357 e. The predicted octanol–water partition coefficient (Wildman–Crippen LogP) is 1.54. The third-order valence-corrected chi connectivity index (χ3v) is 2.39. The van der Waals surface area contributed by atoms with Crippen LogP contribution in [0.1, 0.15) is 46.0 Å². The van der Waals surface area contributed by atoms with Crippen LogP contribution in [0.5, 0.6) is 0 Å². The van der Waals surface area contributed by atoms with E-state index < -0.39 is 0 Å². The second-order valence-electron chi connectivity index (χ2n) is 3.87. The molecule has 0 aromatic carbocycles. The van der Waals surface area contributed by atoms with Gasteiger partial charge in [0, 0.05) is 0 Å². The average molecular weight is 172 g/mol. The van der Waals surface area contributed by atoms with E-state index in [9.17, 15) is 0 Å². The van der Waals surface area contributed by atoms with E-state index in [2.05, 4.69) is 5.43 Å². The summed E-state index contributed by atoms with van der Waals surface area (Å²) >= 11 is 0. The number of hydrogen-bond donors (Lipinski definition) is 2. The Hall–Kier alpha value is -0.120. The van der Waals surface area contributed by atoms with Crippen molar-refractivity contribution in [3.8, 4) is 0 Å². The van der Waals surface area contributed by atoms with Gasteiger partial charge >= 0.3 is 0 Å². The summed E-state index contributed by atoms with van der Waals surface area (Å²) in [5, 5.41) is 0. The number of rotatable bonds is 3. The first kappa shape index (κ1) is 9.96. The fourth-order valence-corrected chi connectivity index (χ4v) is 1.87. The van der Waals surface area contributed by atoms with E-state index in [1.54, 1.807) is 0 Å². The second kappa shape index (κ2) is 4.21. The lowest BCUT2D eigenvalue weighted by Gasteiger charge is -2.37. The molecule has 1 fully saturated rings. The fourth-order valence-electron chi connectivity index (χ4n) is 1.87. The molecule has 0 bridgehead atoms. The minimum Gasteiger partial charge on any atom is -0.357 e. The van der Waals surface area contributed by atoms with Gasteiger partial charge in [0.25, 0.3) is 0 Å². The van der Waals surface area contributed by atoms with Crippen molar-refractivity contribution in [3.05, 3.63) is 0 Å². The molecule has 0 atom stereocenters. The van der Waals surface area contributed by atoms with Crippen molar-refractivity contribution >= 4 is 0 Å². The lowest BCUT2D eigenvalue weighted by molar-refractivity contribution is -0.123. The number of nitrogens with one attached hydrogen (secondary N) is 1. The molecule has 0 saturated heterocycles. The maximum Gasteiger partial charge on any atom is 0.131 e. The fraction of sp³-hybridized carbons (Fsp3) is 1.00. The van der Waals surface area contributed by atoms with Crippen LogP contribution in [0.2, 0.25) is 0 Å². The van der Waals surface area contributed by atoms with E-state index in [4.69, 9.17) is 10.6 Å². The molecule has 0 spiro atoms. The molecule has 72 valence electrons. The molecule has 0 heterocycles. The summed E-state index contributed by atoms with van der Waals surface area (Å²) < 4.78 is 5.79. The molecule has 1 rings (SSSR count). The van der Waals surface area contributed by atoms with Crippen molar-refractivity contribution in [1.82, 2.24) is 5.43 Å². The Morgan fingerprint density at radius 2 is 1.83 bits per heavy atom. The van der Waals surface area contributed by atoms with Crippen molar-refractivity contribution in [1.29, 1.82) is 0 Å². The summed E-state index contributed by atoms with van der Waals surface area (Å²) in [5.74, 6) is 5.51. The average Bonchev–Trinajstić information content (AvgIpc) is 2.05. The van der Waals surface area contributed by atoms with Crippen LogP contribution >= 0.6 is 0 Å². The first-order valence-electron chi connectivity index (χ1n) is 4.84. The van der Waals surface area contributed by atoms with Gasteiger partial charge in [-0.25, -0.2) is 5.43 Å². The summed E-state index contributed by atoms with van der Waals surface area (Å²) in [7, 11) is 0. The van der Waals surface area contributed by atoms with Crippen molar-refractivity contribution < 1.29 is 4.74 Å². The Morgan fingerprint density at radius 1 is 1.25 bits per heavy atom. The highest BCUT2D eigenvalue weighted by molar-refractivity contribution is 4.80. The first-order chi connectivity index (χ1) is 5.68. The lowest BCUT2D eigenvalue weighted by atomic mass is 9.92. The summed E-state index contributed by atoms with van der Waals surface area (Å²) in [6, 6.07) is 0. The van der Waals surface area contributed by atoms with E-state index in [0.29, 0.717) is 0 Å². The molecule has 0 unspecified atom stereocenters. The Bertz CT molecular complexity index is 130. The van der Waals surface area contributed by atoms with Crippen molar-refractivity contribution in [3.63, 3.8) is 0 Å². The quantitative estimate of drug-likeness (QED) is 0.385. The summed E-state index contributed by atoms with van der Waals surface area (Å²) in [4.78, 5) is 0. The minimum absolute atomic E-state index is 0.230. The van der Waals surface area contributed by atoms with Gasteiger partial charge in [-0.2, -0.15) is 0 Å². The van der Waals surface area contributed by atoms with Crippen LogP contribution < -0.4 is 11.3 Å². The summed E-state index contributed by atoms with van der Waals surface area (Å²) in [6.45, 7) is 4.10. The highest BCUT2D eigenvalue weighted by Crippen LogP contribution is 2.29. The van der Waals surface area contributed by atoms with Crippen LogP contribution in [0.15, 0.2) is 0 Å². The van der Waals surface area contributed by atoms with Gasteiger partial charge in [-0.05, 0) is 39.5 Å². The lowest BCUT2D eigenvalue weighted by Crippen LogP contribution is -2.53. The maximum atomic E-state index is 5.79. The Balaban J connectivity index is 2.48. The molecule has 0 aromatic heterocycles. The minimum atomic E-state index is -0.230. The Kier molecular flexibility index (Phi) is 3.50. The molecule has 3 N–H and O–H groups in total. The molecule has 3 nitrogen and oxygen atoms in total. The zero-order chi connectivity index (χ0) is 9.03. The van der Waals surface area contributed by atoms with E-state index in [0.717, 1.165) is 12.8 Å². The monoisotopic (exact) mass is 172 g/mol. The standard InChI is InChI=1S/C9H20N2O/c1-8(2)12-9(11-10)6-4-3-5-7-9/h8,11H,3-7,10H2,1-2H3. The molecule has 12 heavy (non-hydrogen) atoms. The molecule has 0 aromatic rings. The van der Waals surface area contributed by atoms with Crippen LogP contribution in [-0.4, -0.2) is 11.8 Å². The zero-order valence-electron chi connectivity index (χ0n) is 8.10. The Morgan fingerprint density at radius 3 is 2.25 bits per heavy atom. The second-order valence-corrected chi connectivity index (χ2v) is 3.87. The van der Waals surface area contributed by atoms with Crippen LogP contribution in [-0.2, 0) is 4.74 Å². The number of hydrazine groups is 1.